The third-order valence-corrected chi connectivity index (χ3v) is 5.29. The van der Waals surface area contributed by atoms with Gasteiger partial charge in [-0.1, -0.05) is 41.5 Å². The van der Waals surface area contributed by atoms with Gasteiger partial charge in [-0.15, -0.1) is 0 Å². The highest BCUT2D eigenvalue weighted by molar-refractivity contribution is 6.37. The van der Waals surface area contributed by atoms with Crippen molar-refractivity contribution in [1.82, 2.24) is 0 Å². The number of ketones is 3. The van der Waals surface area contributed by atoms with Crippen molar-refractivity contribution in [2.75, 3.05) is 0 Å². The van der Waals surface area contributed by atoms with E-state index in [1.807, 2.05) is 20.8 Å². The summed E-state index contributed by atoms with van der Waals surface area (Å²) in [5.41, 5.74) is 0. The van der Waals surface area contributed by atoms with Crippen LogP contribution in [0, 0.1) is 0 Å². The lowest BCUT2D eigenvalue weighted by atomic mass is 10.2. The van der Waals surface area contributed by atoms with Crippen LogP contribution in [0.4, 0.5) is 0 Å². The zero-order chi connectivity index (χ0) is 21.5. The van der Waals surface area contributed by atoms with Crippen molar-refractivity contribution in [3.8, 4) is 0 Å². The van der Waals surface area contributed by atoms with Gasteiger partial charge in [-0.05, 0) is 19.3 Å². The fraction of sp³-hybridized carbons (Fsp3) is 0.571. The van der Waals surface area contributed by atoms with Gasteiger partial charge in [0.25, 0.3) is 0 Å². The molecule has 0 bridgehead atoms. The summed E-state index contributed by atoms with van der Waals surface area (Å²) in [5.74, 6) is 1.26. The van der Waals surface area contributed by atoms with Gasteiger partial charge in [0.05, 0.1) is 17.3 Å². The second kappa shape index (κ2) is 15.1. The van der Waals surface area contributed by atoms with Gasteiger partial charge in [-0.25, -0.2) is 0 Å². The molecule has 0 spiro atoms. The van der Waals surface area contributed by atoms with Crippen LogP contribution in [0.1, 0.15) is 80.1 Å². The Balaban J connectivity index is 5.67. The van der Waals surface area contributed by atoms with Crippen LogP contribution >= 0.6 is 0 Å². The quantitative estimate of drug-likeness (QED) is 0.219. The van der Waals surface area contributed by atoms with Gasteiger partial charge in [0.15, 0.2) is 17.3 Å². The Morgan fingerprint density at radius 3 is 0.964 bits per heavy atom. The molecule has 0 aliphatic heterocycles. The topological polar surface area (TPSA) is 78.9 Å². The van der Waals surface area contributed by atoms with Crippen molar-refractivity contribution in [3.63, 3.8) is 0 Å². The first-order chi connectivity index (χ1) is 13.3. The molecule has 0 unspecified atom stereocenters. The Bertz CT molecular complexity index is 533. The number of hydrogen-bond donors (Lipinski definition) is 0. The first-order valence-corrected chi connectivity index (χ1v) is 11.4. The van der Waals surface area contributed by atoms with E-state index in [0.717, 1.165) is 0 Å². The zero-order valence-corrected chi connectivity index (χ0v) is 19.2. The summed E-state index contributed by atoms with van der Waals surface area (Å²) >= 11 is -2.83. The van der Waals surface area contributed by atoms with Crippen molar-refractivity contribution >= 4 is 32.5 Å². The third kappa shape index (κ3) is 11.1. The Morgan fingerprint density at radius 1 is 0.536 bits per heavy atom. The van der Waals surface area contributed by atoms with Crippen LogP contribution in [0.5, 0.6) is 0 Å². The third-order valence-electron chi connectivity index (χ3n) is 3.80. The molecule has 0 aromatic rings. The SMILES string of the molecule is CCC(=O)C=C(CC)[O][Al]([O]C(=CC(=O)CC)CC)[O]C(=CC(=O)CC)CC. The minimum atomic E-state index is -2.83. The molecule has 0 aromatic heterocycles. The van der Waals surface area contributed by atoms with Gasteiger partial charge in [-0.2, -0.15) is 0 Å². The molecule has 28 heavy (non-hydrogen) atoms. The number of allylic oxidation sites excluding steroid dienone is 6. The van der Waals surface area contributed by atoms with E-state index in [2.05, 4.69) is 0 Å². The van der Waals surface area contributed by atoms with Crippen LogP contribution in [-0.4, -0.2) is 32.5 Å². The van der Waals surface area contributed by atoms with E-state index in [1.165, 1.54) is 18.2 Å². The highest BCUT2D eigenvalue weighted by Gasteiger charge is 2.45. The number of rotatable bonds is 15. The molecule has 0 saturated carbocycles. The van der Waals surface area contributed by atoms with Gasteiger partial charge in [0.2, 0.25) is 0 Å². The molecule has 0 aliphatic carbocycles. The maximum absolute atomic E-state index is 11.8. The summed E-state index contributed by atoms with van der Waals surface area (Å²) in [4.78, 5) is 35.3. The van der Waals surface area contributed by atoms with Crippen molar-refractivity contribution < 1.29 is 25.7 Å². The summed E-state index contributed by atoms with van der Waals surface area (Å²) in [6, 6.07) is 0. The standard InChI is InChI=1S/3C7H12O2.Al/c3*1-3-6(8)5-7(9)4-2;/h3*5,8H,3-4H2,1-2H3;/q;;;+3/p-3. The van der Waals surface area contributed by atoms with E-state index in [0.29, 0.717) is 55.8 Å². The van der Waals surface area contributed by atoms with E-state index in [1.54, 1.807) is 20.8 Å². The Morgan fingerprint density at radius 2 is 0.786 bits per heavy atom. The minimum absolute atomic E-state index is 0.0514. The Hall–Kier alpha value is -1.84. The molecule has 0 fully saturated rings. The predicted octanol–water partition coefficient (Wildman–Crippen LogP) is 4.84. The molecule has 6 nitrogen and oxygen atoms in total. The normalized spacial score (nSPS) is 12.4. The van der Waals surface area contributed by atoms with Gasteiger partial charge < -0.3 is 11.4 Å². The smallest absolute Gasteiger partial charge is 0.580 e. The van der Waals surface area contributed by atoms with E-state index >= 15 is 0 Å². The van der Waals surface area contributed by atoms with Crippen molar-refractivity contribution in [2.45, 2.75) is 80.1 Å². The minimum Gasteiger partial charge on any atom is -0.580 e. The molecule has 0 aliphatic rings. The van der Waals surface area contributed by atoms with Crippen molar-refractivity contribution in [1.29, 1.82) is 0 Å². The summed E-state index contributed by atoms with van der Waals surface area (Å²) in [6.07, 6.45) is 6.97. The summed E-state index contributed by atoms with van der Waals surface area (Å²) < 4.78 is 17.7. The van der Waals surface area contributed by atoms with Crippen molar-refractivity contribution in [3.05, 3.63) is 35.5 Å². The van der Waals surface area contributed by atoms with Gasteiger partial charge in [-0.3, -0.25) is 14.4 Å². The Kier molecular flexibility index (Phi) is 14.1. The number of carbonyl (C=O) groups excluding carboxylic acids is 3. The summed E-state index contributed by atoms with van der Waals surface area (Å²) in [7, 11) is 0. The average molecular weight is 408 g/mol. The summed E-state index contributed by atoms with van der Waals surface area (Å²) in [5, 5.41) is 0. The van der Waals surface area contributed by atoms with Crippen LogP contribution in [0.3, 0.4) is 0 Å². The maximum Gasteiger partial charge on any atom is 1.20 e. The molecule has 0 amide bonds. The second-order valence-electron chi connectivity index (χ2n) is 5.99. The Labute approximate surface area is 174 Å². The molecule has 0 radical (unpaired) electrons. The number of hydrogen-bond acceptors (Lipinski definition) is 6. The van der Waals surface area contributed by atoms with E-state index in [9.17, 15) is 14.4 Å². The van der Waals surface area contributed by atoms with Crippen LogP contribution in [0.15, 0.2) is 35.5 Å². The average Bonchev–Trinajstić information content (AvgIpc) is 2.71. The van der Waals surface area contributed by atoms with Crippen LogP contribution in [-0.2, 0) is 25.7 Å². The molecule has 156 valence electrons. The van der Waals surface area contributed by atoms with Gasteiger partial charge in [0, 0.05) is 37.5 Å². The van der Waals surface area contributed by atoms with E-state index in [4.69, 9.17) is 11.4 Å². The molecular formula is C21H33AlO6. The van der Waals surface area contributed by atoms with Crippen molar-refractivity contribution in [2.24, 2.45) is 0 Å². The molecule has 0 rings (SSSR count). The fourth-order valence-electron chi connectivity index (χ4n) is 1.95. The lowest BCUT2D eigenvalue weighted by molar-refractivity contribution is -0.115. The highest BCUT2D eigenvalue weighted by Crippen LogP contribution is 2.17. The van der Waals surface area contributed by atoms with Gasteiger partial charge >= 0.3 is 15.1 Å². The highest BCUT2D eigenvalue weighted by atomic mass is 27.3. The van der Waals surface area contributed by atoms with Crippen LogP contribution in [0.25, 0.3) is 0 Å². The fourth-order valence-corrected chi connectivity index (χ4v) is 3.54. The first kappa shape index (κ1) is 26.2. The summed E-state index contributed by atoms with van der Waals surface area (Å²) in [6.45, 7) is 10.9. The maximum atomic E-state index is 11.8. The first-order valence-electron chi connectivity index (χ1n) is 10.0. The molecule has 0 atom stereocenters. The molecule has 7 heteroatoms. The zero-order valence-electron chi connectivity index (χ0n) is 18.0. The number of carbonyl (C=O) groups is 3. The predicted molar refractivity (Wildman–Crippen MR) is 110 cm³/mol. The molecular weight excluding hydrogens is 375 g/mol. The second-order valence-corrected chi connectivity index (χ2v) is 7.28. The molecule has 0 aromatic carbocycles. The monoisotopic (exact) mass is 408 g/mol. The van der Waals surface area contributed by atoms with Crippen LogP contribution in [0.2, 0.25) is 0 Å². The molecule has 0 heterocycles. The van der Waals surface area contributed by atoms with Gasteiger partial charge in [0.1, 0.15) is 0 Å². The largest absolute Gasteiger partial charge is 1.20 e. The molecule has 0 N–H and O–H groups in total. The van der Waals surface area contributed by atoms with E-state index in [-0.39, 0.29) is 17.3 Å². The lowest BCUT2D eigenvalue weighted by Gasteiger charge is -2.20. The lowest BCUT2D eigenvalue weighted by Crippen LogP contribution is -2.27. The molecule has 0 saturated heterocycles. The van der Waals surface area contributed by atoms with Crippen LogP contribution < -0.4 is 0 Å². The van der Waals surface area contributed by atoms with E-state index < -0.39 is 15.1 Å².